The molecule has 0 amide bonds. The maximum absolute atomic E-state index is 12.4. The number of carbonyl (C=O) groups is 1. The highest BCUT2D eigenvalue weighted by Crippen LogP contribution is 2.41. The zero-order valence-electron chi connectivity index (χ0n) is 12.8. The van der Waals surface area contributed by atoms with Crippen LogP contribution >= 0.6 is 7.82 Å². The molecule has 0 spiro atoms. The molecule has 0 bridgehead atoms. The molecule has 1 atom stereocenters. The van der Waals surface area contributed by atoms with Crippen molar-refractivity contribution in [2.45, 2.75) is 19.3 Å². The first kappa shape index (κ1) is 18.0. The minimum atomic E-state index is -4.86. The summed E-state index contributed by atoms with van der Waals surface area (Å²) >= 11 is 0. The molecule has 0 heterocycles. The summed E-state index contributed by atoms with van der Waals surface area (Å²) in [7, 11) is -4.86. The van der Waals surface area contributed by atoms with E-state index in [4.69, 9.17) is 9.79 Å². The second-order valence-corrected chi connectivity index (χ2v) is 6.55. The third kappa shape index (κ3) is 4.83. The molecule has 1 unspecified atom stereocenters. The van der Waals surface area contributed by atoms with Crippen LogP contribution in [0.5, 0.6) is 17.2 Å². The zero-order chi connectivity index (χ0) is 17.9. The van der Waals surface area contributed by atoms with Crippen molar-refractivity contribution in [3.8, 4) is 17.2 Å². The van der Waals surface area contributed by atoms with Gasteiger partial charge in [0.25, 0.3) is 0 Å². The number of Topliss-reactive ketones (excluding diaryl/α,β-unsaturated/α-hetero) is 1. The fraction of sp³-hybridized carbons (Fsp3) is 0.188. The van der Waals surface area contributed by atoms with Gasteiger partial charge in [-0.15, -0.1) is 0 Å². The molecule has 0 fully saturated rings. The van der Waals surface area contributed by atoms with E-state index in [1.165, 1.54) is 24.3 Å². The third-order valence-electron chi connectivity index (χ3n) is 3.44. The van der Waals surface area contributed by atoms with Crippen LogP contribution in [0.4, 0.5) is 0 Å². The number of rotatable bonds is 6. The maximum Gasteiger partial charge on any atom is 0.524 e. The Morgan fingerprint density at radius 3 is 2.25 bits per heavy atom. The Balaban J connectivity index is 2.23. The molecule has 0 aliphatic carbocycles. The number of aromatic hydroxyl groups is 2. The van der Waals surface area contributed by atoms with Gasteiger partial charge in [-0.25, -0.2) is 4.57 Å². The molecule has 4 N–H and O–H groups in total. The van der Waals surface area contributed by atoms with E-state index >= 15 is 0 Å². The second-order valence-electron chi connectivity index (χ2n) is 5.38. The number of benzene rings is 2. The van der Waals surface area contributed by atoms with Gasteiger partial charge in [-0.3, -0.25) is 14.6 Å². The number of phenolic OH excluding ortho intramolecular Hbond substituents is 2. The van der Waals surface area contributed by atoms with Crippen LogP contribution < -0.4 is 4.52 Å². The summed E-state index contributed by atoms with van der Waals surface area (Å²) in [6.45, 7) is 1.81. The van der Waals surface area contributed by atoms with Crippen molar-refractivity contribution in [2.75, 3.05) is 0 Å². The first-order valence-corrected chi connectivity index (χ1v) is 8.59. The van der Waals surface area contributed by atoms with Crippen molar-refractivity contribution in [1.29, 1.82) is 0 Å². The number of ketones is 1. The maximum atomic E-state index is 12.4. The third-order valence-corrected chi connectivity index (χ3v) is 3.87. The van der Waals surface area contributed by atoms with Crippen molar-refractivity contribution in [3.63, 3.8) is 0 Å². The normalized spacial score (nSPS) is 12.6. The number of phosphoric ester groups is 1. The lowest BCUT2D eigenvalue weighted by Gasteiger charge is -2.14. The Labute approximate surface area is 138 Å². The van der Waals surface area contributed by atoms with E-state index in [1.54, 1.807) is 12.1 Å². The Morgan fingerprint density at radius 1 is 1.08 bits per heavy atom. The molecule has 2 aromatic rings. The van der Waals surface area contributed by atoms with Gasteiger partial charge in [0.05, 0.1) is 5.56 Å². The fourth-order valence-corrected chi connectivity index (χ4v) is 2.66. The first-order chi connectivity index (χ1) is 11.2. The fourth-order valence-electron chi connectivity index (χ4n) is 2.25. The van der Waals surface area contributed by atoms with Crippen LogP contribution in [0.3, 0.4) is 0 Å². The molecule has 0 aromatic heterocycles. The Bertz CT molecular complexity index is 780. The first-order valence-electron chi connectivity index (χ1n) is 7.06. The number of phenols is 2. The highest BCUT2D eigenvalue weighted by Gasteiger charge is 2.23. The lowest BCUT2D eigenvalue weighted by Crippen LogP contribution is -2.07. The average molecular weight is 352 g/mol. The molecule has 7 nitrogen and oxygen atoms in total. The van der Waals surface area contributed by atoms with Crippen molar-refractivity contribution in [1.82, 2.24) is 0 Å². The van der Waals surface area contributed by atoms with Gasteiger partial charge in [0.2, 0.25) is 0 Å². The van der Waals surface area contributed by atoms with Crippen molar-refractivity contribution in [3.05, 3.63) is 53.6 Å². The summed E-state index contributed by atoms with van der Waals surface area (Å²) in [4.78, 5) is 30.3. The molecule has 2 aromatic carbocycles. The monoisotopic (exact) mass is 352 g/mol. The van der Waals surface area contributed by atoms with Gasteiger partial charge in [-0.2, -0.15) is 0 Å². The Hall–Kier alpha value is -2.34. The SMILES string of the molecule is CC(CC(=O)c1ccc(O)cc1OP(=O)(O)O)c1ccc(O)cc1. The molecule has 0 aliphatic rings. The largest absolute Gasteiger partial charge is 0.524 e. The topological polar surface area (TPSA) is 124 Å². The van der Waals surface area contributed by atoms with E-state index in [9.17, 15) is 19.6 Å². The minimum absolute atomic E-state index is 0.0262. The van der Waals surface area contributed by atoms with Gasteiger partial charge in [0.15, 0.2) is 5.78 Å². The molecule has 0 radical (unpaired) electrons. The summed E-state index contributed by atoms with van der Waals surface area (Å²) in [6, 6.07) is 9.89. The number of phosphoric acid groups is 1. The standard InChI is InChI=1S/C16H17O7P/c1-10(11-2-4-12(17)5-3-11)8-15(19)14-7-6-13(18)9-16(14)23-24(20,21)22/h2-7,9-10,17-18H,8H2,1H3,(H2,20,21,22). The summed E-state index contributed by atoms with van der Waals surface area (Å²) < 4.78 is 15.5. The molecule has 2 rings (SSSR count). The molecular weight excluding hydrogens is 335 g/mol. The van der Waals surface area contributed by atoms with Gasteiger partial charge >= 0.3 is 7.82 Å². The van der Waals surface area contributed by atoms with Gasteiger partial charge < -0.3 is 14.7 Å². The van der Waals surface area contributed by atoms with Crippen LogP contribution in [-0.4, -0.2) is 25.8 Å². The number of hydrogen-bond donors (Lipinski definition) is 4. The van der Waals surface area contributed by atoms with Crippen LogP contribution in [-0.2, 0) is 4.57 Å². The van der Waals surface area contributed by atoms with E-state index < -0.39 is 7.82 Å². The average Bonchev–Trinajstić information content (AvgIpc) is 2.46. The predicted octanol–water partition coefficient (Wildman–Crippen LogP) is 2.95. The quantitative estimate of drug-likeness (QED) is 0.465. The number of carbonyl (C=O) groups excluding carboxylic acids is 1. The predicted molar refractivity (Wildman–Crippen MR) is 86.2 cm³/mol. The molecular formula is C16H17O7P. The minimum Gasteiger partial charge on any atom is -0.508 e. The zero-order valence-corrected chi connectivity index (χ0v) is 13.7. The smallest absolute Gasteiger partial charge is 0.508 e. The highest BCUT2D eigenvalue weighted by molar-refractivity contribution is 7.46. The van der Waals surface area contributed by atoms with Crippen LogP contribution in [0, 0.1) is 0 Å². The van der Waals surface area contributed by atoms with Crippen molar-refractivity contribution in [2.24, 2.45) is 0 Å². The van der Waals surface area contributed by atoms with E-state index in [0.29, 0.717) is 0 Å². The summed E-state index contributed by atoms with van der Waals surface area (Å²) in [5.74, 6) is -1.10. The molecule has 8 heteroatoms. The molecule has 0 saturated carbocycles. The van der Waals surface area contributed by atoms with Gasteiger partial charge in [-0.1, -0.05) is 19.1 Å². The van der Waals surface area contributed by atoms with E-state index in [0.717, 1.165) is 11.6 Å². The molecule has 24 heavy (non-hydrogen) atoms. The molecule has 0 aliphatic heterocycles. The van der Waals surface area contributed by atoms with Gasteiger partial charge in [0.1, 0.15) is 17.2 Å². The van der Waals surface area contributed by atoms with Crippen LogP contribution in [0.25, 0.3) is 0 Å². The van der Waals surface area contributed by atoms with E-state index in [2.05, 4.69) is 4.52 Å². The lowest BCUT2D eigenvalue weighted by molar-refractivity contribution is 0.0974. The van der Waals surface area contributed by atoms with Gasteiger partial charge in [-0.05, 0) is 35.7 Å². The summed E-state index contributed by atoms with van der Waals surface area (Å²) in [6.07, 6.45) is 0.0626. The number of hydrogen-bond acceptors (Lipinski definition) is 5. The van der Waals surface area contributed by atoms with Crippen molar-refractivity contribution < 1.29 is 33.9 Å². The second kappa shape index (κ2) is 7.05. The van der Waals surface area contributed by atoms with E-state index in [1.807, 2.05) is 6.92 Å². The summed E-state index contributed by atoms with van der Waals surface area (Å²) in [5, 5.41) is 18.7. The van der Waals surface area contributed by atoms with Crippen LogP contribution in [0.2, 0.25) is 0 Å². The summed E-state index contributed by atoms with van der Waals surface area (Å²) in [5.41, 5.74) is 0.805. The lowest BCUT2D eigenvalue weighted by atomic mass is 9.93. The van der Waals surface area contributed by atoms with Crippen molar-refractivity contribution >= 4 is 13.6 Å². The highest BCUT2D eigenvalue weighted by atomic mass is 31.2. The Kier molecular flexibility index (Phi) is 5.29. The van der Waals surface area contributed by atoms with Crippen LogP contribution in [0.1, 0.15) is 35.2 Å². The van der Waals surface area contributed by atoms with E-state index in [-0.39, 0.29) is 40.9 Å². The molecule has 0 saturated heterocycles. The molecule has 128 valence electrons. The van der Waals surface area contributed by atoms with Gasteiger partial charge in [0, 0.05) is 12.5 Å². The van der Waals surface area contributed by atoms with Crippen LogP contribution in [0.15, 0.2) is 42.5 Å². The Morgan fingerprint density at radius 2 is 1.67 bits per heavy atom.